The Balaban J connectivity index is 1.32. The minimum Gasteiger partial charge on any atom is -0.359 e. The van der Waals surface area contributed by atoms with Crippen LogP contribution in [0, 0.1) is 17.8 Å². The van der Waals surface area contributed by atoms with Gasteiger partial charge >= 0.3 is 0 Å². The van der Waals surface area contributed by atoms with Gasteiger partial charge in [0, 0.05) is 43.4 Å². The summed E-state index contributed by atoms with van der Waals surface area (Å²) in [6, 6.07) is 6.20. The molecule has 5 atom stereocenters. The molecule has 0 spiro atoms. The molecule has 2 aliphatic heterocycles. The Morgan fingerprint density at radius 3 is 2.83 bits per heavy atom. The molecule has 1 saturated carbocycles. The van der Waals surface area contributed by atoms with E-state index in [-0.39, 0.29) is 5.56 Å². The van der Waals surface area contributed by atoms with E-state index in [1.807, 2.05) is 10.6 Å². The van der Waals surface area contributed by atoms with E-state index in [2.05, 4.69) is 28.4 Å². The molecule has 0 aromatic carbocycles. The van der Waals surface area contributed by atoms with Gasteiger partial charge in [0.15, 0.2) is 5.11 Å². The van der Waals surface area contributed by atoms with Crippen molar-refractivity contribution in [3.8, 4) is 0 Å². The quantitative estimate of drug-likeness (QED) is 0.627. The molecule has 2 fully saturated rings. The highest BCUT2D eigenvalue weighted by atomic mass is 32.1. The highest BCUT2D eigenvalue weighted by Gasteiger charge is 2.38. The molecule has 4 bridgehead atoms. The Kier molecular flexibility index (Phi) is 3.34. The van der Waals surface area contributed by atoms with Crippen molar-refractivity contribution in [1.29, 1.82) is 0 Å². The number of nitrogens with zero attached hydrogens (tertiary/aromatic N) is 2. The maximum absolute atomic E-state index is 12.1. The van der Waals surface area contributed by atoms with Gasteiger partial charge in [-0.2, -0.15) is 0 Å². The summed E-state index contributed by atoms with van der Waals surface area (Å²) in [6.07, 6.45) is 8.43. The van der Waals surface area contributed by atoms with Crippen LogP contribution >= 0.6 is 12.2 Å². The van der Waals surface area contributed by atoms with Crippen molar-refractivity contribution >= 4 is 17.3 Å². The molecule has 1 aromatic heterocycles. The van der Waals surface area contributed by atoms with Crippen LogP contribution in [0.4, 0.5) is 0 Å². The largest absolute Gasteiger partial charge is 0.359 e. The van der Waals surface area contributed by atoms with Crippen molar-refractivity contribution in [3.05, 3.63) is 46.4 Å². The lowest BCUT2D eigenvalue weighted by Crippen LogP contribution is -2.53. The zero-order chi connectivity index (χ0) is 16.3. The van der Waals surface area contributed by atoms with Crippen molar-refractivity contribution in [2.24, 2.45) is 17.8 Å². The Morgan fingerprint density at radius 1 is 1.12 bits per heavy atom. The van der Waals surface area contributed by atoms with Gasteiger partial charge in [-0.05, 0) is 55.3 Å². The molecule has 1 aromatic rings. The summed E-state index contributed by atoms with van der Waals surface area (Å²) in [7, 11) is 0. The first kappa shape index (κ1) is 14.7. The number of rotatable bonds is 1. The third kappa shape index (κ3) is 2.32. The van der Waals surface area contributed by atoms with Crippen LogP contribution in [0.1, 0.15) is 30.9 Å². The summed E-state index contributed by atoms with van der Waals surface area (Å²) in [4.78, 5) is 14.5. The van der Waals surface area contributed by atoms with Crippen LogP contribution in [0.5, 0.6) is 0 Å². The Labute approximate surface area is 147 Å². The number of aromatic nitrogens is 1. The summed E-state index contributed by atoms with van der Waals surface area (Å²) >= 11 is 5.75. The van der Waals surface area contributed by atoms with Crippen molar-refractivity contribution in [2.75, 3.05) is 13.1 Å². The standard InChI is InChI=1S/C19H23N3OS/c23-18-3-1-2-17-15-7-13(10-22(17)18)9-21(11-15)19(24)20-16-8-12-4-5-14(16)6-12/h1-5,12-16H,6-11H2,(H,20,24). The lowest BCUT2D eigenvalue weighted by Gasteiger charge is -2.44. The highest BCUT2D eigenvalue weighted by Crippen LogP contribution is 2.39. The molecular weight excluding hydrogens is 318 g/mol. The van der Waals surface area contributed by atoms with Crippen molar-refractivity contribution in [1.82, 2.24) is 14.8 Å². The molecule has 24 heavy (non-hydrogen) atoms. The number of fused-ring (bicyclic) bond motifs is 6. The molecule has 0 amide bonds. The van der Waals surface area contributed by atoms with Crippen LogP contribution < -0.4 is 10.9 Å². The van der Waals surface area contributed by atoms with Crippen molar-refractivity contribution in [3.63, 3.8) is 0 Å². The summed E-state index contributed by atoms with van der Waals surface area (Å²) in [5, 5.41) is 4.56. The average molecular weight is 341 g/mol. The molecule has 3 heterocycles. The van der Waals surface area contributed by atoms with Gasteiger partial charge in [-0.1, -0.05) is 18.2 Å². The summed E-state index contributed by atoms with van der Waals surface area (Å²) in [5.74, 6) is 2.37. The normalized spacial score (nSPS) is 35.8. The lowest BCUT2D eigenvalue weighted by atomic mass is 9.83. The number of nitrogens with one attached hydrogen (secondary N) is 1. The summed E-state index contributed by atoms with van der Waals surface area (Å²) in [5.41, 5.74) is 1.33. The molecule has 5 unspecified atom stereocenters. The van der Waals surface area contributed by atoms with E-state index in [0.717, 1.165) is 30.7 Å². The molecule has 0 radical (unpaired) electrons. The number of thiocarbonyl (C=S) groups is 1. The van der Waals surface area contributed by atoms with Crippen LogP contribution in [0.25, 0.3) is 0 Å². The molecular formula is C19H23N3OS. The van der Waals surface area contributed by atoms with E-state index in [0.29, 0.717) is 23.8 Å². The lowest BCUT2D eigenvalue weighted by molar-refractivity contribution is 0.176. The van der Waals surface area contributed by atoms with Crippen LogP contribution in [-0.2, 0) is 6.54 Å². The first-order chi connectivity index (χ1) is 11.7. The second kappa shape index (κ2) is 5.45. The molecule has 5 rings (SSSR count). The van der Waals surface area contributed by atoms with E-state index in [4.69, 9.17) is 12.2 Å². The number of likely N-dealkylation sites (tertiary alicyclic amines) is 1. The molecule has 1 saturated heterocycles. The molecule has 2 aliphatic carbocycles. The van der Waals surface area contributed by atoms with Gasteiger partial charge in [-0.3, -0.25) is 4.79 Å². The topological polar surface area (TPSA) is 37.3 Å². The summed E-state index contributed by atoms with van der Waals surface area (Å²) < 4.78 is 1.98. The Morgan fingerprint density at radius 2 is 2.04 bits per heavy atom. The SMILES string of the molecule is O=c1cccc2n1CC1CC2CN(C(=S)NC2CC3C=CC2C3)C1. The first-order valence-electron chi connectivity index (χ1n) is 9.11. The Bertz CT molecular complexity index is 770. The van der Waals surface area contributed by atoms with Gasteiger partial charge in [0.2, 0.25) is 0 Å². The van der Waals surface area contributed by atoms with Crippen LogP contribution in [0.2, 0.25) is 0 Å². The van der Waals surface area contributed by atoms with Gasteiger partial charge in [0.25, 0.3) is 5.56 Å². The minimum absolute atomic E-state index is 0.144. The zero-order valence-corrected chi connectivity index (χ0v) is 14.5. The molecule has 1 N–H and O–H groups in total. The van der Waals surface area contributed by atoms with Crippen molar-refractivity contribution in [2.45, 2.75) is 37.8 Å². The van der Waals surface area contributed by atoms with Crippen LogP contribution in [-0.4, -0.2) is 33.7 Å². The van der Waals surface area contributed by atoms with E-state index < -0.39 is 0 Å². The van der Waals surface area contributed by atoms with Crippen molar-refractivity contribution < 1.29 is 0 Å². The fourth-order valence-corrected chi connectivity index (χ4v) is 5.56. The van der Waals surface area contributed by atoms with E-state index in [9.17, 15) is 4.79 Å². The Hall–Kier alpha value is -1.62. The fraction of sp³-hybridized carbons (Fsp3) is 0.579. The van der Waals surface area contributed by atoms with E-state index in [1.54, 1.807) is 6.07 Å². The van der Waals surface area contributed by atoms with E-state index in [1.165, 1.54) is 25.0 Å². The van der Waals surface area contributed by atoms with Gasteiger partial charge in [0.1, 0.15) is 0 Å². The number of piperidine rings is 1. The number of hydrogen-bond donors (Lipinski definition) is 1. The molecule has 4 aliphatic rings. The molecule has 5 heteroatoms. The molecule has 4 nitrogen and oxygen atoms in total. The highest BCUT2D eigenvalue weighted by molar-refractivity contribution is 7.80. The van der Waals surface area contributed by atoms with Crippen LogP contribution in [0.3, 0.4) is 0 Å². The van der Waals surface area contributed by atoms with Crippen LogP contribution in [0.15, 0.2) is 35.1 Å². The minimum atomic E-state index is 0.144. The maximum Gasteiger partial charge on any atom is 0.250 e. The monoisotopic (exact) mass is 341 g/mol. The van der Waals surface area contributed by atoms with E-state index >= 15 is 0 Å². The fourth-order valence-electron chi connectivity index (χ4n) is 5.26. The summed E-state index contributed by atoms with van der Waals surface area (Å²) in [6.45, 7) is 2.74. The third-order valence-corrected chi connectivity index (χ3v) is 6.73. The predicted molar refractivity (Wildman–Crippen MR) is 98.0 cm³/mol. The smallest absolute Gasteiger partial charge is 0.250 e. The second-order valence-corrected chi connectivity index (χ2v) is 8.33. The molecule has 126 valence electrons. The number of pyridine rings is 1. The third-order valence-electron chi connectivity index (χ3n) is 6.35. The predicted octanol–water partition coefficient (Wildman–Crippen LogP) is 2.11. The number of hydrogen-bond acceptors (Lipinski definition) is 2. The number of allylic oxidation sites excluding steroid dienone is 1. The van der Waals surface area contributed by atoms with Gasteiger partial charge < -0.3 is 14.8 Å². The first-order valence-corrected chi connectivity index (χ1v) is 9.51. The zero-order valence-electron chi connectivity index (χ0n) is 13.7. The second-order valence-electron chi connectivity index (χ2n) is 7.94. The van der Waals surface area contributed by atoms with Gasteiger partial charge in [-0.25, -0.2) is 0 Å². The maximum atomic E-state index is 12.1. The average Bonchev–Trinajstić information content (AvgIpc) is 3.18. The van der Waals surface area contributed by atoms with Gasteiger partial charge in [-0.15, -0.1) is 0 Å². The van der Waals surface area contributed by atoms with Gasteiger partial charge in [0.05, 0.1) is 0 Å².